The predicted octanol–water partition coefficient (Wildman–Crippen LogP) is 3.41. The molecule has 0 saturated heterocycles. The first kappa shape index (κ1) is 20.4. The van der Waals surface area contributed by atoms with Gasteiger partial charge in [-0.1, -0.05) is 6.07 Å². The van der Waals surface area contributed by atoms with Crippen molar-refractivity contribution in [2.75, 3.05) is 13.2 Å². The zero-order valence-corrected chi connectivity index (χ0v) is 15.3. The average Bonchev–Trinajstić information content (AvgIpc) is 3.04. The number of halogens is 2. The molecule has 0 radical (unpaired) electrons. The van der Waals surface area contributed by atoms with Gasteiger partial charge in [0.05, 0.1) is 12.8 Å². The number of rotatable bonds is 10. The lowest BCUT2D eigenvalue weighted by Gasteiger charge is -2.11. The second kappa shape index (κ2) is 10.3. The molecule has 27 heavy (non-hydrogen) atoms. The van der Waals surface area contributed by atoms with Gasteiger partial charge >= 0.3 is 6.61 Å². The molecule has 0 bridgehead atoms. The molecule has 8 heteroatoms. The van der Waals surface area contributed by atoms with Crippen LogP contribution in [0.4, 0.5) is 8.78 Å². The molecule has 0 saturated carbocycles. The number of benzene rings is 1. The largest absolute Gasteiger partial charge is 0.490 e. The van der Waals surface area contributed by atoms with E-state index in [2.05, 4.69) is 15.2 Å². The fraction of sp³-hybridized carbons (Fsp3) is 0.368. The minimum absolute atomic E-state index is 0.0395. The molecule has 0 aliphatic rings. The van der Waals surface area contributed by atoms with Crippen LogP contribution in [0.3, 0.4) is 0 Å². The van der Waals surface area contributed by atoms with Crippen LogP contribution in [0.15, 0.2) is 36.7 Å². The number of amides is 1. The van der Waals surface area contributed by atoms with Gasteiger partial charge in [-0.25, -0.2) is 0 Å². The van der Waals surface area contributed by atoms with E-state index < -0.39 is 6.61 Å². The van der Waals surface area contributed by atoms with Gasteiger partial charge in [0, 0.05) is 25.4 Å². The smallest absolute Gasteiger partial charge is 0.387 e. The van der Waals surface area contributed by atoms with E-state index in [1.165, 1.54) is 12.1 Å². The van der Waals surface area contributed by atoms with Gasteiger partial charge in [-0.2, -0.15) is 13.9 Å². The summed E-state index contributed by atoms with van der Waals surface area (Å²) in [6, 6.07) is 4.51. The van der Waals surface area contributed by atoms with Gasteiger partial charge < -0.3 is 14.8 Å². The minimum atomic E-state index is -2.93. The van der Waals surface area contributed by atoms with Gasteiger partial charge in [0.2, 0.25) is 5.91 Å². The van der Waals surface area contributed by atoms with Crippen molar-refractivity contribution in [3.63, 3.8) is 0 Å². The fourth-order valence-corrected chi connectivity index (χ4v) is 2.36. The van der Waals surface area contributed by atoms with Crippen LogP contribution in [-0.2, 0) is 11.3 Å². The van der Waals surface area contributed by atoms with Crippen LogP contribution in [-0.4, -0.2) is 35.5 Å². The zero-order chi connectivity index (χ0) is 19.6. The normalized spacial score (nSPS) is 11.1. The van der Waals surface area contributed by atoms with Crippen molar-refractivity contribution in [3.8, 4) is 11.5 Å². The van der Waals surface area contributed by atoms with Gasteiger partial charge in [-0.15, -0.1) is 0 Å². The van der Waals surface area contributed by atoms with E-state index in [-0.39, 0.29) is 17.4 Å². The van der Waals surface area contributed by atoms with E-state index in [1.54, 1.807) is 31.3 Å². The van der Waals surface area contributed by atoms with Gasteiger partial charge in [0.1, 0.15) is 0 Å². The molecule has 2 aromatic rings. The molecule has 1 amide bonds. The van der Waals surface area contributed by atoms with Gasteiger partial charge in [0.15, 0.2) is 11.5 Å². The summed E-state index contributed by atoms with van der Waals surface area (Å²) >= 11 is 0. The Morgan fingerprint density at radius 2 is 2.19 bits per heavy atom. The first-order valence-corrected chi connectivity index (χ1v) is 8.64. The SMILES string of the molecule is CCOc1cc(/C=C/C(=O)NCCCn2cc(C)cn2)ccc1OC(F)F. The number of carbonyl (C=O) groups is 1. The Balaban J connectivity index is 1.84. The van der Waals surface area contributed by atoms with Crippen LogP contribution < -0.4 is 14.8 Å². The summed E-state index contributed by atoms with van der Waals surface area (Å²) in [7, 11) is 0. The molecule has 0 unspecified atom stereocenters. The lowest BCUT2D eigenvalue weighted by Crippen LogP contribution is -2.23. The molecule has 1 aromatic carbocycles. The van der Waals surface area contributed by atoms with Crippen molar-refractivity contribution >= 4 is 12.0 Å². The second-order valence-electron chi connectivity index (χ2n) is 5.78. The molecule has 1 aromatic heterocycles. The van der Waals surface area contributed by atoms with Gasteiger partial charge in [-0.05, 0) is 49.6 Å². The Morgan fingerprint density at radius 3 is 2.85 bits per heavy atom. The third kappa shape index (κ3) is 7.08. The number of carbonyl (C=O) groups excluding carboxylic acids is 1. The van der Waals surface area contributed by atoms with Crippen molar-refractivity contribution < 1.29 is 23.0 Å². The molecule has 146 valence electrons. The van der Waals surface area contributed by atoms with Crippen LogP contribution in [0.5, 0.6) is 11.5 Å². The maximum absolute atomic E-state index is 12.4. The number of ether oxygens (including phenoxy) is 2. The molecule has 0 fully saturated rings. The van der Waals surface area contributed by atoms with E-state index >= 15 is 0 Å². The summed E-state index contributed by atoms with van der Waals surface area (Å²) in [5.41, 5.74) is 1.74. The topological polar surface area (TPSA) is 65.4 Å². The molecule has 0 spiro atoms. The van der Waals surface area contributed by atoms with E-state index in [0.29, 0.717) is 18.7 Å². The third-order valence-corrected chi connectivity index (χ3v) is 3.54. The Morgan fingerprint density at radius 1 is 1.37 bits per heavy atom. The number of alkyl halides is 2. The monoisotopic (exact) mass is 379 g/mol. The van der Waals surface area contributed by atoms with Crippen molar-refractivity contribution in [2.45, 2.75) is 33.4 Å². The van der Waals surface area contributed by atoms with E-state index in [9.17, 15) is 13.6 Å². The summed E-state index contributed by atoms with van der Waals surface area (Å²) in [5.74, 6) is -0.0744. The molecule has 2 rings (SSSR count). The summed E-state index contributed by atoms with van der Waals surface area (Å²) in [6.07, 6.45) is 7.46. The highest BCUT2D eigenvalue weighted by Gasteiger charge is 2.11. The lowest BCUT2D eigenvalue weighted by molar-refractivity contribution is -0.116. The fourth-order valence-electron chi connectivity index (χ4n) is 2.36. The summed E-state index contributed by atoms with van der Waals surface area (Å²) < 4.78 is 36.4. The summed E-state index contributed by atoms with van der Waals surface area (Å²) in [5, 5.41) is 6.96. The standard InChI is InChI=1S/C19H23F2N3O3/c1-3-26-17-11-15(5-7-16(17)27-19(20)21)6-8-18(25)22-9-4-10-24-13-14(2)12-23-24/h5-8,11-13,19H,3-4,9-10H2,1-2H3,(H,22,25)/b8-6+. The summed E-state index contributed by atoms with van der Waals surface area (Å²) in [6.45, 7) is 2.34. The maximum atomic E-state index is 12.4. The lowest BCUT2D eigenvalue weighted by atomic mass is 10.2. The van der Waals surface area contributed by atoms with E-state index in [1.807, 2.05) is 17.8 Å². The molecule has 1 heterocycles. The van der Waals surface area contributed by atoms with Crippen LogP contribution in [0.25, 0.3) is 6.08 Å². The highest BCUT2D eigenvalue weighted by molar-refractivity contribution is 5.91. The highest BCUT2D eigenvalue weighted by Crippen LogP contribution is 2.30. The number of nitrogens with one attached hydrogen (secondary N) is 1. The van der Waals surface area contributed by atoms with Gasteiger partial charge in [0.25, 0.3) is 0 Å². The Bertz CT molecular complexity index is 775. The van der Waals surface area contributed by atoms with Crippen molar-refractivity contribution in [2.24, 2.45) is 0 Å². The zero-order valence-electron chi connectivity index (χ0n) is 15.3. The van der Waals surface area contributed by atoms with E-state index in [0.717, 1.165) is 18.5 Å². The number of nitrogens with zero attached hydrogens (tertiary/aromatic N) is 2. The van der Waals surface area contributed by atoms with Gasteiger partial charge in [-0.3, -0.25) is 9.48 Å². The van der Waals surface area contributed by atoms with Crippen LogP contribution in [0.2, 0.25) is 0 Å². The second-order valence-corrected chi connectivity index (χ2v) is 5.78. The van der Waals surface area contributed by atoms with Crippen molar-refractivity contribution in [1.29, 1.82) is 0 Å². The summed E-state index contributed by atoms with van der Waals surface area (Å²) in [4.78, 5) is 11.9. The first-order chi connectivity index (χ1) is 13.0. The number of aryl methyl sites for hydroxylation is 2. The number of aromatic nitrogens is 2. The Hall–Kier alpha value is -2.90. The quantitative estimate of drug-likeness (QED) is 0.508. The number of hydrogen-bond donors (Lipinski definition) is 1. The highest BCUT2D eigenvalue weighted by atomic mass is 19.3. The van der Waals surface area contributed by atoms with E-state index in [4.69, 9.17) is 4.74 Å². The molecule has 0 aliphatic carbocycles. The maximum Gasteiger partial charge on any atom is 0.387 e. The molecule has 0 aliphatic heterocycles. The number of hydrogen-bond acceptors (Lipinski definition) is 4. The van der Waals surface area contributed by atoms with Crippen molar-refractivity contribution in [3.05, 3.63) is 47.8 Å². The Kier molecular flexibility index (Phi) is 7.79. The first-order valence-electron chi connectivity index (χ1n) is 8.64. The Labute approximate surface area is 156 Å². The van der Waals surface area contributed by atoms with Crippen molar-refractivity contribution in [1.82, 2.24) is 15.1 Å². The van der Waals surface area contributed by atoms with Crippen LogP contribution in [0, 0.1) is 6.92 Å². The third-order valence-electron chi connectivity index (χ3n) is 3.54. The molecule has 0 atom stereocenters. The molecular formula is C19H23F2N3O3. The molecule has 6 nitrogen and oxygen atoms in total. The molecule has 1 N–H and O–H groups in total. The van der Waals surface area contributed by atoms with Crippen LogP contribution in [0.1, 0.15) is 24.5 Å². The average molecular weight is 379 g/mol. The predicted molar refractivity (Wildman–Crippen MR) is 97.9 cm³/mol. The minimum Gasteiger partial charge on any atom is -0.490 e. The molecular weight excluding hydrogens is 356 g/mol. The van der Waals surface area contributed by atoms with Crippen LogP contribution >= 0.6 is 0 Å².